The summed E-state index contributed by atoms with van der Waals surface area (Å²) in [4.78, 5) is 4.15. The van der Waals surface area contributed by atoms with Gasteiger partial charge in [-0.15, -0.1) is 5.10 Å². The summed E-state index contributed by atoms with van der Waals surface area (Å²) in [6.45, 7) is 0. The van der Waals surface area contributed by atoms with Gasteiger partial charge in [0.05, 0.1) is 0 Å². The Balaban J connectivity index is 2.37. The van der Waals surface area contributed by atoms with Gasteiger partial charge in [0, 0.05) is 25.3 Å². The van der Waals surface area contributed by atoms with Crippen LogP contribution < -0.4 is 11.1 Å². The number of aromatic nitrogens is 3. The van der Waals surface area contributed by atoms with E-state index in [4.69, 9.17) is 5.73 Å². The molecule has 1 aromatic heterocycles. The minimum atomic E-state index is 0.419. The van der Waals surface area contributed by atoms with Gasteiger partial charge in [0.2, 0.25) is 5.95 Å². The van der Waals surface area contributed by atoms with Crippen molar-refractivity contribution >= 4 is 11.6 Å². The highest BCUT2D eigenvalue weighted by molar-refractivity contribution is 5.60. The second-order valence-corrected chi connectivity index (χ2v) is 3.24. The topological polar surface area (TPSA) is 68.8 Å². The van der Waals surface area contributed by atoms with E-state index in [-0.39, 0.29) is 0 Å². The van der Waals surface area contributed by atoms with Gasteiger partial charge in [-0.05, 0) is 24.3 Å². The van der Waals surface area contributed by atoms with Crippen molar-refractivity contribution in [3.63, 3.8) is 0 Å². The summed E-state index contributed by atoms with van der Waals surface area (Å²) in [6, 6.07) is 7.87. The lowest BCUT2D eigenvalue weighted by Gasteiger charge is -1.99. The van der Waals surface area contributed by atoms with Gasteiger partial charge in [-0.1, -0.05) is 0 Å². The van der Waals surface area contributed by atoms with Crippen molar-refractivity contribution in [3.05, 3.63) is 24.3 Å². The highest BCUT2D eigenvalue weighted by Crippen LogP contribution is 2.18. The fraction of sp³-hybridized carbons (Fsp3) is 0.200. The lowest BCUT2D eigenvalue weighted by Crippen LogP contribution is -1.97. The average Bonchev–Trinajstić information content (AvgIpc) is 2.59. The van der Waals surface area contributed by atoms with E-state index >= 15 is 0 Å². The van der Waals surface area contributed by atoms with Gasteiger partial charge in [0.15, 0.2) is 5.82 Å². The summed E-state index contributed by atoms with van der Waals surface area (Å²) in [5.74, 6) is 1.07. The number of hydrogen-bond donors (Lipinski definition) is 2. The number of anilines is 2. The minimum absolute atomic E-state index is 0.419. The van der Waals surface area contributed by atoms with Gasteiger partial charge in [0.25, 0.3) is 0 Å². The molecule has 0 saturated heterocycles. The largest absolute Gasteiger partial charge is 0.388 e. The van der Waals surface area contributed by atoms with Crippen LogP contribution in [0.1, 0.15) is 0 Å². The Kier molecular flexibility index (Phi) is 2.29. The molecule has 0 aliphatic carbocycles. The number of rotatable bonds is 2. The summed E-state index contributed by atoms with van der Waals surface area (Å²) >= 11 is 0. The summed E-state index contributed by atoms with van der Waals surface area (Å²) in [5.41, 5.74) is 7.63. The Bertz CT molecular complexity index is 438. The maximum atomic E-state index is 5.61. The third-order valence-electron chi connectivity index (χ3n) is 2.23. The molecule has 78 valence electrons. The maximum Gasteiger partial charge on any atom is 0.218 e. The zero-order valence-electron chi connectivity index (χ0n) is 8.73. The van der Waals surface area contributed by atoms with E-state index in [2.05, 4.69) is 15.4 Å². The maximum absolute atomic E-state index is 5.61. The van der Waals surface area contributed by atoms with Gasteiger partial charge >= 0.3 is 0 Å². The van der Waals surface area contributed by atoms with E-state index in [0.29, 0.717) is 11.8 Å². The van der Waals surface area contributed by atoms with Crippen LogP contribution in [0.5, 0.6) is 0 Å². The van der Waals surface area contributed by atoms with E-state index in [1.807, 2.05) is 31.3 Å². The summed E-state index contributed by atoms with van der Waals surface area (Å²) < 4.78 is 1.56. The number of nitrogens with two attached hydrogens (primary N) is 1. The SMILES string of the molecule is CNc1ccc(-c2nc(N)n(C)n2)cc1. The molecule has 0 radical (unpaired) electrons. The molecule has 0 atom stereocenters. The van der Waals surface area contributed by atoms with Crippen LogP contribution in [0.2, 0.25) is 0 Å². The first-order valence-electron chi connectivity index (χ1n) is 4.65. The highest BCUT2D eigenvalue weighted by Gasteiger charge is 2.05. The van der Waals surface area contributed by atoms with Gasteiger partial charge in [-0.2, -0.15) is 4.98 Å². The first kappa shape index (κ1) is 9.51. The van der Waals surface area contributed by atoms with E-state index < -0.39 is 0 Å². The second kappa shape index (κ2) is 3.61. The number of nitrogens with one attached hydrogen (secondary N) is 1. The quantitative estimate of drug-likeness (QED) is 0.767. The molecule has 1 aromatic carbocycles. The van der Waals surface area contributed by atoms with Crippen molar-refractivity contribution in [2.24, 2.45) is 7.05 Å². The van der Waals surface area contributed by atoms with Crippen LogP contribution in [0.15, 0.2) is 24.3 Å². The Morgan fingerprint density at radius 1 is 1.27 bits per heavy atom. The molecule has 0 amide bonds. The zero-order valence-corrected chi connectivity index (χ0v) is 8.73. The minimum Gasteiger partial charge on any atom is -0.388 e. The Labute approximate surface area is 87.9 Å². The van der Waals surface area contributed by atoms with Crippen LogP contribution >= 0.6 is 0 Å². The van der Waals surface area contributed by atoms with Crippen LogP contribution in [-0.4, -0.2) is 21.8 Å². The van der Waals surface area contributed by atoms with Crippen molar-refractivity contribution < 1.29 is 0 Å². The fourth-order valence-corrected chi connectivity index (χ4v) is 1.30. The first-order chi connectivity index (χ1) is 7.20. The number of aryl methyl sites for hydroxylation is 1. The van der Waals surface area contributed by atoms with Crippen LogP contribution in [0.25, 0.3) is 11.4 Å². The third kappa shape index (κ3) is 1.76. The lowest BCUT2D eigenvalue weighted by atomic mass is 10.2. The van der Waals surface area contributed by atoms with Crippen molar-refractivity contribution in [2.45, 2.75) is 0 Å². The standard InChI is InChI=1S/C10H13N5/c1-12-8-5-3-7(4-6-8)9-13-10(11)15(2)14-9/h3-6,12H,1-2H3,(H2,11,13,14). The average molecular weight is 203 g/mol. The molecule has 0 unspecified atom stereocenters. The number of nitrogen functional groups attached to an aromatic ring is 1. The molecule has 0 aliphatic heterocycles. The van der Waals surface area contributed by atoms with Crippen LogP contribution in [0, 0.1) is 0 Å². The third-order valence-corrected chi connectivity index (χ3v) is 2.23. The normalized spacial score (nSPS) is 10.3. The molecular formula is C10H13N5. The molecule has 0 bridgehead atoms. The fourth-order valence-electron chi connectivity index (χ4n) is 1.30. The Morgan fingerprint density at radius 3 is 2.40 bits per heavy atom. The number of nitrogens with zero attached hydrogens (tertiary/aromatic N) is 3. The lowest BCUT2D eigenvalue weighted by molar-refractivity contribution is 0.781. The molecule has 0 spiro atoms. The predicted molar refractivity (Wildman–Crippen MR) is 60.4 cm³/mol. The van der Waals surface area contributed by atoms with E-state index in [1.165, 1.54) is 0 Å². The van der Waals surface area contributed by atoms with Gasteiger partial charge in [0.1, 0.15) is 0 Å². The smallest absolute Gasteiger partial charge is 0.218 e. The van der Waals surface area contributed by atoms with E-state index in [9.17, 15) is 0 Å². The molecule has 1 heterocycles. The molecule has 5 nitrogen and oxygen atoms in total. The number of hydrogen-bond acceptors (Lipinski definition) is 4. The Morgan fingerprint density at radius 2 is 1.93 bits per heavy atom. The van der Waals surface area contributed by atoms with Crippen molar-refractivity contribution in [1.82, 2.24) is 14.8 Å². The highest BCUT2D eigenvalue weighted by atomic mass is 15.4. The predicted octanol–water partition coefficient (Wildman–Crippen LogP) is 1.11. The molecule has 15 heavy (non-hydrogen) atoms. The van der Waals surface area contributed by atoms with Gasteiger partial charge < -0.3 is 11.1 Å². The van der Waals surface area contributed by atoms with Crippen molar-refractivity contribution in [2.75, 3.05) is 18.1 Å². The summed E-state index contributed by atoms with van der Waals surface area (Å²) in [7, 11) is 3.65. The van der Waals surface area contributed by atoms with Crippen LogP contribution in [0.4, 0.5) is 11.6 Å². The van der Waals surface area contributed by atoms with Crippen molar-refractivity contribution in [3.8, 4) is 11.4 Å². The molecule has 0 aliphatic rings. The molecular weight excluding hydrogens is 190 g/mol. The first-order valence-corrected chi connectivity index (χ1v) is 4.65. The molecule has 0 saturated carbocycles. The zero-order chi connectivity index (χ0) is 10.8. The molecule has 2 aromatic rings. The monoisotopic (exact) mass is 203 g/mol. The van der Waals surface area contributed by atoms with Crippen LogP contribution in [-0.2, 0) is 7.05 Å². The number of benzene rings is 1. The summed E-state index contributed by atoms with van der Waals surface area (Å²) in [5, 5.41) is 7.25. The molecule has 3 N–H and O–H groups in total. The van der Waals surface area contributed by atoms with E-state index in [1.54, 1.807) is 11.7 Å². The molecule has 2 rings (SSSR count). The van der Waals surface area contributed by atoms with Gasteiger partial charge in [-0.3, -0.25) is 0 Å². The Hall–Kier alpha value is -2.04. The second-order valence-electron chi connectivity index (χ2n) is 3.24. The van der Waals surface area contributed by atoms with E-state index in [0.717, 1.165) is 11.3 Å². The van der Waals surface area contributed by atoms with Crippen LogP contribution in [0.3, 0.4) is 0 Å². The van der Waals surface area contributed by atoms with Crippen molar-refractivity contribution in [1.29, 1.82) is 0 Å². The summed E-state index contributed by atoms with van der Waals surface area (Å²) in [6.07, 6.45) is 0. The molecule has 0 fully saturated rings. The molecule has 5 heteroatoms. The van der Waals surface area contributed by atoms with Gasteiger partial charge in [-0.25, -0.2) is 4.68 Å².